The lowest BCUT2D eigenvalue weighted by atomic mass is 10.0. The zero-order chi connectivity index (χ0) is 17.0. The van der Waals surface area contributed by atoms with Gasteiger partial charge in [0.25, 0.3) is 0 Å². The predicted octanol–water partition coefficient (Wildman–Crippen LogP) is 2.37. The van der Waals surface area contributed by atoms with Crippen LogP contribution in [0.1, 0.15) is 19.4 Å². The van der Waals surface area contributed by atoms with Crippen LogP contribution in [0.25, 0.3) is 0 Å². The lowest BCUT2D eigenvalue weighted by Crippen LogP contribution is -2.46. The maximum atomic E-state index is 12.0. The highest BCUT2D eigenvalue weighted by Gasteiger charge is 2.41. The summed E-state index contributed by atoms with van der Waals surface area (Å²) < 4.78 is 16.5. The van der Waals surface area contributed by atoms with Crippen LogP contribution in [-0.2, 0) is 25.5 Å². The molecule has 5 nitrogen and oxygen atoms in total. The molecular weight excluding hydrogens is 294 g/mol. The molecular formula is C18H25NO4. The van der Waals surface area contributed by atoms with Gasteiger partial charge in [-0.25, -0.2) is 4.79 Å². The molecule has 0 bridgehead atoms. The second-order valence-corrected chi connectivity index (χ2v) is 6.23. The summed E-state index contributed by atoms with van der Waals surface area (Å²) in [6.07, 6.45) is -0.273. The molecule has 1 fully saturated rings. The largest absolute Gasteiger partial charge is 0.466 e. The fourth-order valence-electron chi connectivity index (χ4n) is 2.87. The number of rotatable bonds is 6. The van der Waals surface area contributed by atoms with Gasteiger partial charge in [0.05, 0.1) is 19.8 Å². The Morgan fingerprint density at radius 2 is 2.09 bits per heavy atom. The highest BCUT2D eigenvalue weighted by Crippen LogP contribution is 2.29. The van der Waals surface area contributed by atoms with E-state index in [1.54, 1.807) is 0 Å². The van der Waals surface area contributed by atoms with Gasteiger partial charge in [-0.15, -0.1) is 0 Å². The van der Waals surface area contributed by atoms with Crippen molar-refractivity contribution in [3.63, 3.8) is 0 Å². The van der Waals surface area contributed by atoms with E-state index in [4.69, 9.17) is 14.2 Å². The van der Waals surface area contributed by atoms with Crippen molar-refractivity contribution in [2.45, 2.75) is 38.3 Å². The highest BCUT2D eigenvalue weighted by molar-refractivity contribution is 5.89. The van der Waals surface area contributed by atoms with Gasteiger partial charge in [0, 0.05) is 12.1 Å². The van der Waals surface area contributed by atoms with Crippen molar-refractivity contribution in [2.24, 2.45) is 0 Å². The molecule has 2 atom stereocenters. The summed E-state index contributed by atoms with van der Waals surface area (Å²) in [5.41, 5.74) is 1.52. The van der Waals surface area contributed by atoms with E-state index in [0.29, 0.717) is 18.7 Å². The van der Waals surface area contributed by atoms with E-state index in [1.165, 1.54) is 7.11 Å². The number of methoxy groups -OCH3 is 1. The second-order valence-electron chi connectivity index (χ2n) is 6.23. The third kappa shape index (κ3) is 4.41. The molecule has 0 spiro atoms. The van der Waals surface area contributed by atoms with E-state index >= 15 is 0 Å². The minimum absolute atomic E-state index is 0.273. The summed E-state index contributed by atoms with van der Waals surface area (Å²) in [5.74, 6) is -1.09. The van der Waals surface area contributed by atoms with Crippen LogP contribution in [0, 0.1) is 0 Å². The van der Waals surface area contributed by atoms with Gasteiger partial charge in [-0.05, 0) is 26.5 Å². The minimum Gasteiger partial charge on any atom is -0.466 e. The number of hydrogen-bond donors (Lipinski definition) is 0. The van der Waals surface area contributed by atoms with E-state index in [-0.39, 0.29) is 12.1 Å². The van der Waals surface area contributed by atoms with Crippen LogP contribution < -0.4 is 0 Å². The van der Waals surface area contributed by atoms with Gasteiger partial charge in [0.1, 0.15) is 6.10 Å². The van der Waals surface area contributed by atoms with E-state index in [1.807, 2.05) is 56.1 Å². The third-order valence-electron chi connectivity index (χ3n) is 3.94. The van der Waals surface area contributed by atoms with Gasteiger partial charge in [-0.1, -0.05) is 36.9 Å². The quantitative estimate of drug-likeness (QED) is 0.595. The first kappa shape index (κ1) is 17.7. The van der Waals surface area contributed by atoms with Crippen LogP contribution in [0.5, 0.6) is 0 Å². The molecule has 0 aliphatic carbocycles. The van der Waals surface area contributed by atoms with Gasteiger partial charge in [0.2, 0.25) is 0 Å². The Morgan fingerprint density at radius 1 is 1.43 bits per heavy atom. The van der Waals surface area contributed by atoms with Crippen LogP contribution in [0.2, 0.25) is 0 Å². The van der Waals surface area contributed by atoms with Crippen molar-refractivity contribution in [1.29, 1.82) is 0 Å². The Kier molecular flexibility index (Phi) is 5.57. The molecule has 1 saturated heterocycles. The zero-order valence-electron chi connectivity index (χ0n) is 14.2. The average molecular weight is 319 g/mol. The van der Waals surface area contributed by atoms with Gasteiger partial charge in [0.15, 0.2) is 5.79 Å². The molecule has 1 heterocycles. The lowest BCUT2D eigenvalue weighted by molar-refractivity contribution is -0.148. The maximum absolute atomic E-state index is 12.0. The smallest absolute Gasteiger partial charge is 0.334 e. The molecule has 0 saturated carbocycles. The summed E-state index contributed by atoms with van der Waals surface area (Å²) >= 11 is 0. The number of likely N-dealkylation sites (N-methyl/N-ethyl adjacent to an activating group) is 1. The van der Waals surface area contributed by atoms with Crippen LogP contribution in [-0.4, -0.2) is 49.6 Å². The highest BCUT2D eigenvalue weighted by atomic mass is 16.7. The first-order valence-electron chi connectivity index (χ1n) is 7.67. The Morgan fingerprint density at radius 3 is 2.61 bits per heavy atom. The van der Waals surface area contributed by atoms with Crippen LogP contribution >= 0.6 is 0 Å². The standard InChI is InChI=1S/C18H25NO4/c1-13(17(20)21-5)16(15-12-22-18(2,3)23-15)19(4)11-14-9-7-6-8-10-14/h6-10,15-16H,1,11-12H2,2-5H3/t15-,16+/m1/s1. The zero-order valence-corrected chi connectivity index (χ0v) is 14.2. The molecule has 0 N–H and O–H groups in total. The molecule has 1 aliphatic heterocycles. The summed E-state index contributed by atoms with van der Waals surface area (Å²) in [5, 5.41) is 0. The predicted molar refractivity (Wildman–Crippen MR) is 87.8 cm³/mol. The monoisotopic (exact) mass is 319 g/mol. The summed E-state index contributed by atoms with van der Waals surface area (Å²) in [7, 11) is 3.30. The molecule has 126 valence electrons. The number of carbonyl (C=O) groups is 1. The number of carbonyl (C=O) groups excluding carboxylic acids is 1. The molecule has 0 radical (unpaired) electrons. The van der Waals surface area contributed by atoms with Crippen LogP contribution in [0.3, 0.4) is 0 Å². The Balaban J connectivity index is 2.19. The van der Waals surface area contributed by atoms with E-state index in [9.17, 15) is 4.79 Å². The van der Waals surface area contributed by atoms with Crippen molar-refractivity contribution in [2.75, 3.05) is 20.8 Å². The van der Waals surface area contributed by atoms with Crippen molar-refractivity contribution in [3.8, 4) is 0 Å². The van der Waals surface area contributed by atoms with Gasteiger partial charge >= 0.3 is 5.97 Å². The summed E-state index contributed by atoms with van der Waals surface area (Å²) in [6.45, 7) is 8.73. The number of ether oxygens (including phenoxy) is 3. The number of benzene rings is 1. The Bertz CT molecular complexity index is 555. The van der Waals surface area contributed by atoms with Crippen molar-refractivity contribution >= 4 is 5.97 Å². The second kappa shape index (κ2) is 7.25. The van der Waals surface area contributed by atoms with Crippen molar-refractivity contribution < 1.29 is 19.0 Å². The minimum atomic E-state index is -0.660. The molecule has 1 aromatic carbocycles. The van der Waals surface area contributed by atoms with E-state index in [2.05, 4.69) is 6.58 Å². The molecule has 1 aliphatic rings. The molecule has 2 rings (SSSR count). The maximum Gasteiger partial charge on any atom is 0.334 e. The van der Waals surface area contributed by atoms with E-state index < -0.39 is 11.8 Å². The fraction of sp³-hybridized carbons (Fsp3) is 0.500. The SMILES string of the molecule is C=C(C(=O)OC)[C@@H]([C@H]1COC(C)(C)O1)N(C)Cc1ccccc1. The van der Waals surface area contributed by atoms with Gasteiger partial charge in [-0.2, -0.15) is 0 Å². The van der Waals surface area contributed by atoms with E-state index in [0.717, 1.165) is 5.56 Å². The topological polar surface area (TPSA) is 48.0 Å². The van der Waals surface area contributed by atoms with Crippen LogP contribution in [0.4, 0.5) is 0 Å². The Labute approximate surface area is 137 Å². The molecule has 0 amide bonds. The summed E-state index contributed by atoms with van der Waals surface area (Å²) in [4.78, 5) is 14.0. The van der Waals surface area contributed by atoms with Gasteiger partial charge < -0.3 is 14.2 Å². The first-order valence-corrected chi connectivity index (χ1v) is 7.67. The average Bonchev–Trinajstić information content (AvgIpc) is 2.87. The molecule has 23 heavy (non-hydrogen) atoms. The Hall–Kier alpha value is -1.69. The molecule has 5 heteroatoms. The van der Waals surface area contributed by atoms with Crippen molar-refractivity contribution in [3.05, 3.63) is 48.0 Å². The van der Waals surface area contributed by atoms with Crippen molar-refractivity contribution in [1.82, 2.24) is 4.90 Å². The first-order chi connectivity index (χ1) is 10.8. The lowest BCUT2D eigenvalue weighted by Gasteiger charge is -2.32. The normalized spacial score (nSPS) is 21.2. The number of nitrogens with zero attached hydrogens (tertiary/aromatic N) is 1. The third-order valence-corrected chi connectivity index (χ3v) is 3.94. The number of esters is 1. The summed E-state index contributed by atoms with van der Waals surface area (Å²) in [6, 6.07) is 9.74. The van der Waals surface area contributed by atoms with Gasteiger partial charge in [-0.3, -0.25) is 4.90 Å². The molecule has 0 aromatic heterocycles. The molecule has 0 unspecified atom stereocenters. The molecule has 1 aromatic rings. The fourth-order valence-corrected chi connectivity index (χ4v) is 2.87. The number of hydrogen-bond acceptors (Lipinski definition) is 5. The van der Waals surface area contributed by atoms with Crippen LogP contribution in [0.15, 0.2) is 42.5 Å².